The predicted octanol–water partition coefficient (Wildman–Crippen LogP) is 2.38. The molecule has 2 N–H and O–H groups in total. The summed E-state index contributed by atoms with van der Waals surface area (Å²) in [6.07, 6.45) is 5.08. The Morgan fingerprint density at radius 3 is 2.53 bits per heavy atom. The minimum atomic E-state index is 0. The highest BCUT2D eigenvalue weighted by Crippen LogP contribution is 1.96. The van der Waals surface area contributed by atoms with Crippen molar-refractivity contribution in [3.05, 3.63) is 0 Å². The first kappa shape index (κ1) is 19.3. The van der Waals surface area contributed by atoms with Gasteiger partial charge in [0.15, 0.2) is 5.96 Å². The Hall–Kier alpha value is -0.0400. The van der Waals surface area contributed by atoms with Crippen molar-refractivity contribution < 1.29 is 4.74 Å². The molecule has 17 heavy (non-hydrogen) atoms. The Bertz CT molecular complexity index is 189. The zero-order chi connectivity index (χ0) is 12.2. The van der Waals surface area contributed by atoms with Gasteiger partial charge < -0.3 is 15.4 Å². The van der Waals surface area contributed by atoms with Crippen molar-refractivity contribution in [1.29, 1.82) is 0 Å². The van der Waals surface area contributed by atoms with E-state index in [2.05, 4.69) is 29.5 Å². The van der Waals surface area contributed by atoms with Crippen LogP contribution in [0.15, 0.2) is 4.99 Å². The minimum absolute atomic E-state index is 0. The summed E-state index contributed by atoms with van der Waals surface area (Å²) in [5.74, 6) is 0.862. The molecule has 0 rings (SSSR count). The molecule has 0 aliphatic rings. The van der Waals surface area contributed by atoms with Crippen LogP contribution in [-0.4, -0.2) is 39.3 Å². The molecule has 1 atom stereocenters. The average molecular weight is 357 g/mol. The monoisotopic (exact) mass is 357 g/mol. The van der Waals surface area contributed by atoms with Crippen LogP contribution in [0.3, 0.4) is 0 Å². The first-order valence-electron chi connectivity index (χ1n) is 6.20. The predicted molar refractivity (Wildman–Crippen MR) is 85.4 cm³/mol. The highest BCUT2D eigenvalue weighted by Gasteiger charge is 2.03. The van der Waals surface area contributed by atoms with E-state index in [1.165, 1.54) is 25.7 Å². The first-order valence-corrected chi connectivity index (χ1v) is 6.20. The zero-order valence-corrected chi connectivity index (χ0v) is 13.9. The van der Waals surface area contributed by atoms with Gasteiger partial charge in [0.2, 0.25) is 0 Å². The maximum absolute atomic E-state index is 5.06. The van der Waals surface area contributed by atoms with Crippen molar-refractivity contribution in [2.75, 3.05) is 27.3 Å². The molecule has 0 aliphatic heterocycles. The van der Waals surface area contributed by atoms with Crippen LogP contribution < -0.4 is 10.6 Å². The van der Waals surface area contributed by atoms with Gasteiger partial charge in [0.1, 0.15) is 0 Å². The van der Waals surface area contributed by atoms with Gasteiger partial charge in [-0.1, -0.05) is 26.2 Å². The topological polar surface area (TPSA) is 45.7 Å². The molecule has 4 nitrogen and oxygen atoms in total. The van der Waals surface area contributed by atoms with Gasteiger partial charge >= 0.3 is 0 Å². The molecule has 1 unspecified atom stereocenters. The van der Waals surface area contributed by atoms with E-state index in [0.717, 1.165) is 12.5 Å². The number of unbranched alkanes of at least 4 members (excludes halogenated alkanes) is 3. The van der Waals surface area contributed by atoms with Crippen LogP contribution in [0.5, 0.6) is 0 Å². The highest BCUT2D eigenvalue weighted by atomic mass is 127. The number of hydrogen-bond donors (Lipinski definition) is 2. The number of nitrogens with zero attached hydrogens (tertiary/aromatic N) is 1. The fourth-order valence-electron chi connectivity index (χ4n) is 1.48. The molecule has 5 heteroatoms. The standard InChI is InChI=1S/C12H27N3O.HI/c1-5-6-7-8-9-14-12(13-3)15-11(2)10-16-4;/h11H,5-10H2,1-4H3,(H2,13,14,15);1H. The third-order valence-electron chi connectivity index (χ3n) is 2.35. The molecule has 0 saturated heterocycles. The van der Waals surface area contributed by atoms with Crippen LogP contribution in [0.4, 0.5) is 0 Å². The number of methoxy groups -OCH3 is 1. The molecule has 0 aromatic rings. The van der Waals surface area contributed by atoms with Crippen LogP contribution in [0.25, 0.3) is 0 Å². The second-order valence-corrected chi connectivity index (χ2v) is 4.06. The van der Waals surface area contributed by atoms with Gasteiger partial charge in [-0.15, -0.1) is 24.0 Å². The molecule has 0 fully saturated rings. The summed E-state index contributed by atoms with van der Waals surface area (Å²) in [5, 5.41) is 6.57. The van der Waals surface area contributed by atoms with E-state index in [-0.39, 0.29) is 30.0 Å². The number of guanidine groups is 1. The van der Waals surface area contributed by atoms with Gasteiger partial charge in [0.25, 0.3) is 0 Å². The van der Waals surface area contributed by atoms with Crippen molar-refractivity contribution >= 4 is 29.9 Å². The van der Waals surface area contributed by atoms with Crippen LogP contribution in [-0.2, 0) is 4.74 Å². The van der Waals surface area contributed by atoms with Crippen molar-refractivity contribution in [2.24, 2.45) is 4.99 Å². The van der Waals surface area contributed by atoms with E-state index in [1.807, 2.05) is 0 Å². The SMILES string of the molecule is CCCCCCNC(=NC)NC(C)COC.I. The van der Waals surface area contributed by atoms with Gasteiger partial charge in [-0.05, 0) is 13.3 Å². The molecule has 0 aromatic carbocycles. The summed E-state index contributed by atoms with van der Waals surface area (Å²) in [5.41, 5.74) is 0. The van der Waals surface area contributed by atoms with Gasteiger partial charge in [0.05, 0.1) is 6.61 Å². The smallest absolute Gasteiger partial charge is 0.191 e. The normalized spacial score (nSPS) is 12.8. The molecular formula is C12H28IN3O. The lowest BCUT2D eigenvalue weighted by atomic mass is 10.2. The number of rotatable bonds is 8. The Balaban J connectivity index is 0. The van der Waals surface area contributed by atoms with Gasteiger partial charge in [-0.2, -0.15) is 0 Å². The minimum Gasteiger partial charge on any atom is -0.383 e. The quantitative estimate of drug-likeness (QED) is 0.304. The second kappa shape index (κ2) is 14.0. The number of halogens is 1. The lowest BCUT2D eigenvalue weighted by molar-refractivity contribution is 0.179. The first-order chi connectivity index (χ1) is 7.74. The lowest BCUT2D eigenvalue weighted by Gasteiger charge is -2.17. The molecule has 0 aliphatic carbocycles. The largest absolute Gasteiger partial charge is 0.383 e. The van der Waals surface area contributed by atoms with Gasteiger partial charge in [-0.25, -0.2) is 0 Å². The maximum atomic E-state index is 5.06. The van der Waals surface area contributed by atoms with E-state index in [0.29, 0.717) is 6.61 Å². The molecule has 0 aromatic heterocycles. The summed E-state index contributed by atoms with van der Waals surface area (Å²) in [7, 11) is 3.50. The molecule has 0 spiro atoms. The second-order valence-electron chi connectivity index (χ2n) is 4.06. The van der Waals surface area contributed by atoms with Crippen LogP contribution in [0.1, 0.15) is 39.5 Å². The zero-order valence-electron chi connectivity index (χ0n) is 11.6. The summed E-state index contributed by atoms with van der Waals surface area (Å²) >= 11 is 0. The number of aliphatic imine (C=N–C) groups is 1. The maximum Gasteiger partial charge on any atom is 0.191 e. The number of ether oxygens (including phenoxy) is 1. The number of nitrogens with one attached hydrogen (secondary N) is 2. The van der Waals surface area contributed by atoms with Crippen LogP contribution in [0, 0.1) is 0 Å². The van der Waals surface area contributed by atoms with Crippen molar-refractivity contribution in [3.63, 3.8) is 0 Å². The fourth-order valence-corrected chi connectivity index (χ4v) is 1.48. The third-order valence-corrected chi connectivity index (χ3v) is 2.35. The third kappa shape index (κ3) is 12.2. The Kier molecular flexibility index (Phi) is 15.9. The van der Waals surface area contributed by atoms with Crippen molar-refractivity contribution in [2.45, 2.75) is 45.6 Å². The molecule has 0 saturated carbocycles. The van der Waals surface area contributed by atoms with E-state index >= 15 is 0 Å². The van der Waals surface area contributed by atoms with Gasteiger partial charge in [0, 0.05) is 26.7 Å². The average Bonchev–Trinajstić information content (AvgIpc) is 2.27. The molecule has 0 radical (unpaired) electrons. The van der Waals surface area contributed by atoms with Crippen molar-refractivity contribution in [1.82, 2.24) is 10.6 Å². The van der Waals surface area contributed by atoms with Crippen LogP contribution >= 0.6 is 24.0 Å². The Morgan fingerprint density at radius 1 is 1.29 bits per heavy atom. The lowest BCUT2D eigenvalue weighted by Crippen LogP contribution is -2.44. The van der Waals surface area contributed by atoms with E-state index in [1.54, 1.807) is 14.2 Å². The van der Waals surface area contributed by atoms with E-state index < -0.39 is 0 Å². The van der Waals surface area contributed by atoms with Crippen molar-refractivity contribution in [3.8, 4) is 0 Å². The number of hydrogen-bond acceptors (Lipinski definition) is 2. The summed E-state index contributed by atoms with van der Waals surface area (Å²) in [4.78, 5) is 4.17. The van der Waals surface area contributed by atoms with Gasteiger partial charge in [-0.3, -0.25) is 4.99 Å². The van der Waals surface area contributed by atoms with E-state index in [4.69, 9.17) is 4.74 Å². The molecule has 0 amide bonds. The summed E-state index contributed by atoms with van der Waals surface area (Å²) in [6, 6.07) is 0.284. The molecule has 104 valence electrons. The molecule has 0 heterocycles. The highest BCUT2D eigenvalue weighted by molar-refractivity contribution is 14.0. The van der Waals surface area contributed by atoms with E-state index in [9.17, 15) is 0 Å². The van der Waals surface area contributed by atoms with Crippen LogP contribution in [0.2, 0.25) is 0 Å². The summed E-state index contributed by atoms with van der Waals surface area (Å²) < 4.78 is 5.06. The Labute approximate surface area is 123 Å². The fraction of sp³-hybridized carbons (Fsp3) is 0.917. The molecular weight excluding hydrogens is 329 g/mol. The summed E-state index contributed by atoms with van der Waals surface area (Å²) in [6.45, 7) is 5.98. The molecule has 0 bridgehead atoms. The Morgan fingerprint density at radius 2 is 2.00 bits per heavy atom.